The van der Waals surface area contributed by atoms with Crippen LogP contribution in [0.1, 0.15) is 20.8 Å². The fourth-order valence-electron chi connectivity index (χ4n) is 3.33. The molecular formula is C20H17ClFN3O2. The van der Waals surface area contributed by atoms with E-state index in [1.807, 2.05) is 30.3 Å². The van der Waals surface area contributed by atoms with E-state index in [4.69, 9.17) is 11.6 Å². The molecule has 1 aromatic heterocycles. The number of piperazine rings is 1. The van der Waals surface area contributed by atoms with E-state index >= 15 is 0 Å². The number of rotatable bonds is 2. The summed E-state index contributed by atoms with van der Waals surface area (Å²) in [5, 5.41) is 1.07. The molecule has 3 aromatic rings. The number of para-hydroxylation sites is 1. The maximum atomic E-state index is 14.0. The highest BCUT2D eigenvalue weighted by Gasteiger charge is 2.28. The third kappa shape index (κ3) is 3.28. The quantitative estimate of drug-likeness (QED) is 0.733. The first-order chi connectivity index (χ1) is 13.0. The summed E-state index contributed by atoms with van der Waals surface area (Å²) in [7, 11) is 0. The molecule has 1 aliphatic heterocycles. The standard InChI is InChI=1S/C20H17ClFN3O2/c21-14-5-3-6-15(22)18(14)20(27)25-10-8-24(9-11-25)19(26)17-12-13-4-1-2-7-16(13)23-17/h1-7,12,23H,8-11H2. The third-order valence-corrected chi connectivity index (χ3v) is 5.11. The number of hydrogen-bond donors (Lipinski definition) is 1. The first kappa shape index (κ1) is 17.5. The second kappa shape index (κ2) is 7.04. The van der Waals surface area contributed by atoms with Crippen molar-refractivity contribution in [2.24, 2.45) is 0 Å². The van der Waals surface area contributed by atoms with E-state index in [1.165, 1.54) is 23.1 Å². The van der Waals surface area contributed by atoms with E-state index < -0.39 is 11.7 Å². The van der Waals surface area contributed by atoms with Gasteiger partial charge in [0.15, 0.2) is 0 Å². The van der Waals surface area contributed by atoms with Crippen molar-refractivity contribution in [2.45, 2.75) is 0 Å². The summed E-state index contributed by atoms with van der Waals surface area (Å²) in [4.78, 5) is 31.7. The highest BCUT2D eigenvalue weighted by molar-refractivity contribution is 6.33. The monoisotopic (exact) mass is 385 g/mol. The smallest absolute Gasteiger partial charge is 0.270 e. The van der Waals surface area contributed by atoms with Gasteiger partial charge in [-0.25, -0.2) is 4.39 Å². The van der Waals surface area contributed by atoms with E-state index in [1.54, 1.807) is 4.90 Å². The average Bonchev–Trinajstić information content (AvgIpc) is 3.11. The second-order valence-electron chi connectivity index (χ2n) is 6.45. The van der Waals surface area contributed by atoms with E-state index in [2.05, 4.69) is 4.98 Å². The largest absolute Gasteiger partial charge is 0.351 e. The molecule has 2 heterocycles. The van der Waals surface area contributed by atoms with Crippen molar-refractivity contribution in [1.82, 2.24) is 14.8 Å². The predicted molar refractivity (Wildman–Crippen MR) is 102 cm³/mol. The van der Waals surface area contributed by atoms with Crippen LogP contribution >= 0.6 is 11.6 Å². The summed E-state index contributed by atoms with van der Waals surface area (Å²) >= 11 is 5.99. The lowest BCUT2D eigenvalue weighted by Crippen LogP contribution is -2.50. The molecule has 2 aromatic carbocycles. The van der Waals surface area contributed by atoms with Crippen LogP contribution in [0.2, 0.25) is 5.02 Å². The number of aromatic amines is 1. The van der Waals surface area contributed by atoms with Crippen molar-refractivity contribution in [2.75, 3.05) is 26.2 Å². The molecule has 0 radical (unpaired) electrons. The van der Waals surface area contributed by atoms with Gasteiger partial charge in [-0.1, -0.05) is 35.9 Å². The number of benzene rings is 2. The molecule has 0 atom stereocenters. The lowest BCUT2D eigenvalue weighted by atomic mass is 10.1. The Labute approximate surface area is 160 Å². The Morgan fingerprint density at radius 3 is 2.26 bits per heavy atom. The Morgan fingerprint density at radius 1 is 0.926 bits per heavy atom. The highest BCUT2D eigenvalue weighted by atomic mass is 35.5. The number of hydrogen-bond acceptors (Lipinski definition) is 2. The minimum absolute atomic E-state index is 0.0941. The summed E-state index contributed by atoms with van der Waals surface area (Å²) in [5.74, 6) is -1.19. The number of halogens is 2. The van der Waals surface area contributed by atoms with Gasteiger partial charge < -0.3 is 14.8 Å². The van der Waals surface area contributed by atoms with Gasteiger partial charge in [0.05, 0.1) is 10.6 Å². The fourth-order valence-corrected chi connectivity index (χ4v) is 3.58. The topological polar surface area (TPSA) is 56.4 Å². The Bertz CT molecular complexity index is 972. The van der Waals surface area contributed by atoms with Gasteiger partial charge in [-0.3, -0.25) is 9.59 Å². The van der Waals surface area contributed by atoms with E-state index in [0.717, 1.165) is 10.9 Å². The third-order valence-electron chi connectivity index (χ3n) is 4.79. The van der Waals surface area contributed by atoms with Gasteiger partial charge in [-0.05, 0) is 24.3 Å². The van der Waals surface area contributed by atoms with Gasteiger partial charge >= 0.3 is 0 Å². The highest BCUT2D eigenvalue weighted by Crippen LogP contribution is 2.22. The first-order valence-electron chi connectivity index (χ1n) is 8.65. The van der Waals surface area contributed by atoms with Crippen LogP contribution in [0.5, 0.6) is 0 Å². The molecule has 1 fully saturated rings. The molecule has 0 saturated carbocycles. The molecule has 138 valence electrons. The van der Waals surface area contributed by atoms with Gasteiger partial charge in [0.2, 0.25) is 0 Å². The SMILES string of the molecule is O=C(c1cc2ccccc2[nH]1)N1CCN(C(=O)c2c(F)cccc2Cl)CC1. The van der Waals surface area contributed by atoms with Gasteiger partial charge in [-0.2, -0.15) is 0 Å². The van der Waals surface area contributed by atoms with Gasteiger partial charge in [0.1, 0.15) is 11.5 Å². The molecule has 0 bridgehead atoms. The van der Waals surface area contributed by atoms with Crippen LogP contribution in [0.4, 0.5) is 4.39 Å². The van der Waals surface area contributed by atoms with Crippen LogP contribution in [0.25, 0.3) is 10.9 Å². The lowest BCUT2D eigenvalue weighted by molar-refractivity contribution is 0.0530. The predicted octanol–water partition coefficient (Wildman–Crippen LogP) is 3.56. The number of nitrogens with zero attached hydrogens (tertiary/aromatic N) is 2. The Balaban J connectivity index is 1.45. The number of aromatic nitrogens is 1. The molecule has 5 nitrogen and oxygen atoms in total. The Hall–Kier alpha value is -2.86. The molecule has 1 saturated heterocycles. The molecule has 2 amide bonds. The van der Waals surface area contributed by atoms with Crippen LogP contribution < -0.4 is 0 Å². The van der Waals surface area contributed by atoms with Crippen molar-refractivity contribution in [3.05, 3.63) is 70.6 Å². The molecular weight excluding hydrogens is 369 g/mol. The number of fused-ring (bicyclic) bond motifs is 1. The van der Waals surface area contributed by atoms with Crippen molar-refractivity contribution in [3.63, 3.8) is 0 Å². The van der Waals surface area contributed by atoms with Crippen LogP contribution in [0.3, 0.4) is 0 Å². The average molecular weight is 386 g/mol. The van der Waals surface area contributed by atoms with E-state index in [9.17, 15) is 14.0 Å². The van der Waals surface area contributed by atoms with Crippen LogP contribution in [0.15, 0.2) is 48.5 Å². The first-order valence-corrected chi connectivity index (χ1v) is 9.03. The molecule has 1 N–H and O–H groups in total. The van der Waals surface area contributed by atoms with Crippen molar-refractivity contribution in [1.29, 1.82) is 0 Å². The van der Waals surface area contributed by atoms with Crippen molar-refractivity contribution >= 4 is 34.3 Å². The number of nitrogens with one attached hydrogen (secondary N) is 1. The zero-order valence-corrected chi connectivity index (χ0v) is 15.2. The molecule has 4 rings (SSSR count). The number of carbonyl (C=O) groups excluding carboxylic acids is 2. The molecule has 1 aliphatic rings. The molecule has 0 aliphatic carbocycles. The van der Waals surface area contributed by atoms with Crippen molar-refractivity contribution < 1.29 is 14.0 Å². The van der Waals surface area contributed by atoms with Gasteiger partial charge in [-0.15, -0.1) is 0 Å². The molecule has 0 unspecified atom stereocenters. The number of H-pyrrole nitrogens is 1. The summed E-state index contributed by atoms with van der Waals surface area (Å²) < 4.78 is 14.0. The van der Waals surface area contributed by atoms with Crippen LogP contribution in [-0.2, 0) is 0 Å². The normalized spacial score (nSPS) is 14.6. The van der Waals surface area contributed by atoms with Crippen molar-refractivity contribution in [3.8, 4) is 0 Å². The molecule has 0 spiro atoms. The van der Waals surface area contributed by atoms with E-state index in [0.29, 0.717) is 31.9 Å². The zero-order chi connectivity index (χ0) is 19.0. The lowest BCUT2D eigenvalue weighted by Gasteiger charge is -2.34. The molecule has 7 heteroatoms. The van der Waals surface area contributed by atoms with Gasteiger partial charge in [0, 0.05) is 37.1 Å². The maximum Gasteiger partial charge on any atom is 0.270 e. The number of amides is 2. The summed E-state index contributed by atoms with van der Waals surface area (Å²) in [6.45, 7) is 1.42. The Kier molecular flexibility index (Phi) is 4.58. The zero-order valence-electron chi connectivity index (χ0n) is 14.4. The summed E-state index contributed by atoms with van der Waals surface area (Å²) in [6, 6.07) is 13.7. The van der Waals surface area contributed by atoms with Crippen LogP contribution in [0, 0.1) is 5.82 Å². The van der Waals surface area contributed by atoms with Gasteiger partial charge in [0.25, 0.3) is 11.8 Å². The Morgan fingerprint density at radius 2 is 1.59 bits per heavy atom. The minimum atomic E-state index is -0.635. The molecule has 27 heavy (non-hydrogen) atoms. The number of carbonyl (C=O) groups is 2. The maximum absolute atomic E-state index is 14.0. The minimum Gasteiger partial charge on any atom is -0.351 e. The summed E-state index contributed by atoms with van der Waals surface area (Å²) in [5.41, 5.74) is 1.31. The fraction of sp³-hybridized carbons (Fsp3) is 0.200. The summed E-state index contributed by atoms with van der Waals surface area (Å²) in [6.07, 6.45) is 0. The second-order valence-corrected chi connectivity index (χ2v) is 6.86. The van der Waals surface area contributed by atoms with E-state index in [-0.39, 0.29) is 16.5 Å². The van der Waals surface area contributed by atoms with Crippen LogP contribution in [-0.4, -0.2) is 52.8 Å².